The molecule has 0 unspecified atom stereocenters. The van der Waals surface area contributed by atoms with E-state index < -0.39 is 24.2 Å². The molecule has 4 heteroatoms. The number of hydrogen-bond acceptors (Lipinski definition) is 1. The minimum absolute atomic E-state index is 0.655. The van der Waals surface area contributed by atoms with Gasteiger partial charge >= 0.3 is 0 Å². The summed E-state index contributed by atoms with van der Waals surface area (Å²) in [5, 5.41) is 0. The molecule has 1 saturated carbocycles. The summed E-state index contributed by atoms with van der Waals surface area (Å²) in [6, 6.07) is 0. The predicted octanol–water partition coefficient (Wildman–Crippen LogP) is 8.31. The Morgan fingerprint density at radius 3 is 1.70 bits per heavy atom. The SMILES string of the molecule is C[C@@H]([C@@H](C1CCCCC1)[Si](C)(C)C)[C@H](C[C@@H](CC=O)[Si](C)(C)C)[Si](C)(C)C. The summed E-state index contributed by atoms with van der Waals surface area (Å²) in [6.45, 7) is 25.7. The molecule has 0 heterocycles. The highest BCUT2D eigenvalue weighted by Gasteiger charge is 2.45. The van der Waals surface area contributed by atoms with Crippen LogP contribution in [0.5, 0.6) is 0 Å². The highest BCUT2D eigenvalue weighted by atomic mass is 28.3. The van der Waals surface area contributed by atoms with Gasteiger partial charge in [0.1, 0.15) is 6.29 Å². The Bertz CT molecular complexity index is 450. The molecular weight excluding hydrogens is 377 g/mol. The Labute approximate surface area is 174 Å². The second-order valence-corrected chi connectivity index (χ2v) is 29.2. The van der Waals surface area contributed by atoms with E-state index in [1.165, 1.54) is 44.8 Å². The van der Waals surface area contributed by atoms with E-state index in [9.17, 15) is 4.79 Å². The maximum Gasteiger partial charge on any atom is 0.119 e. The van der Waals surface area contributed by atoms with E-state index >= 15 is 0 Å². The van der Waals surface area contributed by atoms with Crippen molar-refractivity contribution in [2.24, 2.45) is 11.8 Å². The minimum atomic E-state index is -1.31. The third-order valence-electron chi connectivity index (χ3n) is 7.62. The van der Waals surface area contributed by atoms with E-state index in [-0.39, 0.29) is 0 Å². The zero-order valence-corrected chi connectivity index (χ0v) is 23.3. The average Bonchev–Trinajstić information content (AvgIpc) is 2.48. The zero-order chi connectivity index (χ0) is 21.0. The first-order chi connectivity index (χ1) is 12.2. The van der Waals surface area contributed by atoms with E-state index in [0.717, 1.165) is 29.3 Å². The van der Waals surface area contributed by atoms with Crippen molar-refractivity contribution in [3.05, 3.63) is 0 Å². The van der Waals surface area contributed by atoms with Crippen LogP contribution in [-0.4, -0.2) is 30.5 Å². The van der Waals surface area contributed by atoms with Crippen LogP contribution in [0.2, 0.25) is 75.5 Å². The van der Waals surface area contributed by atoms with Crippen molar-refractivity contribution in [1.29, 1.82) is 0 Å². The van der Waals surface area contributed by atoms with Crippen LogP contribution in [-0.2, 0) is 4.79 Å². The Balaban J connectivity index is 3.20. The van der Waals surface area contributed by atoms with Crippen LogP contribution < -0.4 is 0 Å². The molecule has 0 aromatic rings. The van der Waals surface area contributed by atoms with Gasteiger partial charge in [-0.15, -0.1) is 0 Å². The normalized spacial score (nSPS) is 22.1. The smallest absolute Gasteiger partial charge is 0.119 e. The lowest BCUT2D eigenvalue weighted by atomic mass is 9.81. The summed E-state index contributed by atoms with van der Waals surface area (Å²) in [6.07, 6.45) is 10.7. The first-order valence-corrected chi connectivity index (χ1v) is 22.4. The summed E-state index contributed by atoms with van der Waals surface area (Å²) in [5.74, 6) is 1.80. The molecule has 1 aliphatic carbocycles. The van der Waals surface area contributed by atoms with Gasteiger partial charge in [-0.1, -0.05) is 104 Å². The molecule has 0 radical (unpaired) electrons. The van der Waals surface area contributed by atoms with Gasteiger partial charge in [-0.05, 0) is 28.5 Å². The summed E-state index contributed by atoms with van der Waals surface area (Å²) < 4.78 is 0. The van der Waals surface area contributed by atoms with Crippen molar-refractivity contribution in [2.45, 2.75) is 127 Å². The molecule has 0 amide bonds. The van der Waals surface area contributed by atoms with E-state index in [4.69, 9.17) is 0 Å². The van der Waals surface area contributed by atoms with Crippen LogP contribution in [0.3, 0.4) is 0 Å². The molecule has 1 aliphatic rings. The maximum atomic E-state index is 11.4. The fourth-order valence-electron chi connectivity index (χ4n) is 6.25. The van der Waals surface area contributed by atoms with Crippen LogP contribution in [0.15, 0.2) is 0 Å². The van der Waals surface area contributed by atoms with Crippen LogP contribution in [0.1, 0.15) is 51.9 Å². The Morgan fingerprint density at radius 2 is 1.33 bits per heavy atom. The molecule has 0 bridgehead atoms. The monoisotopic (exact) mass is 426 g/mol. The van der Waals surface area contributed by atoms with Gasteiger partial charge in [0.15, 0.2) is 0 Å². The fourth-order valence-corrected chi connectivity index (χ4v) is 14.8. The van der Waals surface area contributed by atoms with Gasteiger partial charge in [0.2, 0.25) is 0 Å². The first-order valence-electron chi connectivity index (χ1n) is 11.6. The molecule has 0 aromatic heterocycles. The molecule has 0 N–H and O–H groups in total. The highest BCUT2D eigenvalue weighted by Crippen LogP contribution is 2.53. The lowest BCUT2D eigenvalue weighted by molar-refractivity contribution is -0.108. The second-order valence-electron chi connectivity index (χ2n) is 12.8. The number of rotatable bonds is 10. The van der Waals surface area contributed by atoms with Gasteiger partial charge in [-0.2, -0.15) is 0 Å². The van der Waals surface area contributed by atoms with Gasteiger partial charge in [-0.3, -0.25) is 0 Å². The molecule has 1 fully saturated rings. The zero-order valence-electron chi connectivity index (χ0n) is 20.3. The standard InChI is InChI=1S/C23H50OSi3/c1-19(23(27(8,9)10)20-14-12-11-13-15-20)22(26(5,6)7)18-21(16-17-24)25(2,3)4/h17,19-23H,11-16,18H2,1-10H3/t19-,21-,22+,23+/m1/s1. The van der Waals surface area contributed by atoms with Gasteiger partial charge < -0.3 is 4.79 Å². The molecular formula is C23H50OSi3. The summed E-state index contributed by atoms with van der Waals surface area (Å²) in [4.78, 5) is 11.4. The van der Waals surface area contributed by atoms with Crippen molar-refractivity contribution in [3.8, 4) is 0 Å². The summed E-state index contributed by atoms with van der Waals surface area (Å²) >= 11 is 0. The first kappa shape index (κ1) is 25.4. The quantitative estimate of drug-likeness (QED) is 0.253. The molecule has 160 valence electrons. The molecule has 0 aliphatic heterocycles. The molecule has 0 aromatic carbocycles. The summed E-state index contributed by atoms with van der Waals surface area (Å²) in [7, 11) is -3.84. The summed E-state index contributed by atoms with van der Waals surface area (Å²) in [5.41, 5.74) is 2.46. The highest BCUT2D eigenvalue weighted by molar-refractivity contribution is 6.80. The number of hydrogen-bond donors (Lipinski definition) is 0. The second kappa shape index (κ2) is 9.88. The Morgan fingerprint density at radius 1 is 0.815 bits per heavy atom. The lowest BCUT2D eigenvalue weighted by Gasteiger charge is -2.49. The van der Waals surface area contributed by atoms with Crippen LogP contribution in [0.4, 0.5) is 0 Å². The largest absolute Gasteiger partial charge is 0.303 e. The van der Waals surface area contributed by atoms with Crippen LogP contribution in [0.25, 0.3) is 0 Å². The molecule has 0 spiro atoms. The number of carbonyl (C=O) groups is 1. The molecule has 4 atom stereocenters. The Kier molecular flexibility index (Phi) is 9.28. The van der Waals surface area contributed by atoms with E-state index in [0.29, 0.717) is 5.54 Å². The molecule has 1 nitrogen and oxygen atoms in total. The van der Waals surface area contributed by atoms with Crippen molar-refractivity contribution in [3.63, 3.8) is 0 Å². The van der Waals surface area contributed by atoms with Gasteiger partial charge in [-0.25, -0.2) is 0 Å². The van der Waals surface area contributed by atoms with Crippen molar-refractivity contribution in [2.75, 3.05) is 0 Å². The third kappa shape index (κ3) is 7.58. The van der Waals surface area contributed by atoms with Gasteiger partial charge in [0.25, 0.3) is 0 Å². The molecule has 1 rings (SSSR count). The van der Waals surface area contributed by atoms with E-state index in [1.54, 1.807) is 0 Å². The maximum absolute atomic E-state index is 11.4. The van der Waals surface area contributed by atoms with Crippen LogP contribution >= 0.6 is 0 Å². The van der Waals surface area contributed by atoms with Gasteiger partial charge in [0.05, 0.1) is 0 Å². The van der Waals surface area contributed by atoms with E-state index in [2.05, 4.69) is 65.8 Å². The fraction of sp³-hybridized carbons (Fsp3) is 0.957. The molecule has 0 saturated heterocycles. The third-order valence-corrected chi connectivity index (χ3v) is 16.5. The van der Waals surface area contributed by atoms with Crippen molar-refractivity contribution < 1.29 is 4.79 Å². The topological polar surface area (TPSA) is 17.1 Å². The predicted molar refractivity (Wildman–Crippen MR) is 132 cm³/mol. The van der Waals surface area contributed by atoms with Crippen molar-refractivity contribution >= 4 is 30.5 Å². The van der Waals surface area contributed by atoms with Crippen LogP contribution in [0, 0.1) is 11.8 Å². The average molecular weight is 427 g/mol. The lowest BCUT2D eigenvalue weighted by Crippen LogP contribution is -2.45. The molecule has 27 heavy (non-hydrogen) atoms. The van der Waals surface area contributed by atoms with E-state index in [1.807, 2.05) is 0 Å². The number of carbonyl (C=O) groups excluding carboxylic acids is 1. The number of aldehydes is 1. The Hall–Kier alpha value is 0.321. The minimum Gasteiger partial charge on any atom is -0.303 e. The van der Waals surface area contributed by atoms with Crippen molar-refractivity contribution in [1.82, 2.24) is 0 Å². The van der Waals surface area contributed by atoms with Gasteiger partial charge in [0, 0.05) is 30.6 Å².